The zero-order valence-electron chi connectivity index (χ0n) is 20.7. The molecule has 0 radical (unpaired) electrons. The number of aryl methyl sites for hydroxylation is 1. The van der Waals surface area contributed by atoms with E-state index in [2.05, 4.69) is 0 Å². The molecule has 1 aliphatic heterocycles. The predicted molar refractivity (Wildman–Crippen MR) is 127 cm³/mol. The number of unbranched alkanes of at least 4 members (excludes halogenated alkanes) is 1. The summed E-state index contributed by atoms with van der Waals surface area (Å²) >= 11 is 0. The van der Waals surface area contributed by atoms with E-state index >= 15 is 0 Å². The van der Waals surface area contributed by atoms with Crippen LogP contribution in [-0.4, -0.2) is 80.7 Å². The summed E-state index contributed by atoms with van der Waals surface area (Å²) in [5.41, 5.74) is 0.803. The third kappa shape index (κ3) is 6.29. The number of benzene rings is 1. The third-order valence-electron chi connectivity index (χ3n) is 6.15. The summed E-state index contributed by atoms with van der Waals surface area (Å²) in [5.74, 6) is -0.554. The Morgan fingerprint density at radius 2 is 2.06 bits per heavy atom. The Hall–Kier alpha value is -2.72. The highest BCUT2D eigenvalue weighted by molar-refractivity contribution is 5.85. The molecule has 1 aromatic carbocycles. The summed E-state index contributed by atoms with van der Waals surface area (Å²) in [4.78, 5) is 29.4. The molecule has 35 heavy (non-hydrogen) atoms. The lowest BCUT2D eigenvalue weighted by molar-refractivity contribution is -0.150. The molecule has 1 saturated heterocycles. The highest BCUT2D eigenvalue weighted by Gasteiger charge is 2.40. The molecule has 2 heterocycles. The molecule has 2 amide bonds. The number of carbonyl (C=O) groups excluding carboxylic acids is 2. The van der Waals surface area contributed by atoms with Crippen LogP contribution in [0.1, 0.15) is 52.1 Å². The molecule has 0 spiro atoms. The van der Waals surface area contributed by atoms with Crippen molar-refractivity contribution in [3.8, 4) is 0 Å². The number of nitrogens with zero attached hydrogens (tertiary/aromatic N) is 4. The van der Waals surface area contributed by atoms with Gasteiger partial charge < -0.3 is 24.4 Å². The first-order valence-corrected chi connectivity index (χ1v) is 12.3. The number of aromatic nitrogens is 2. The number of aliphatic hydroxyl groups is 1. The van der Waals surface area contributed by atoms with Crippen LogP contribution >= 0.6 is 0 Å². The van der Waals surface area contributed by atoms with Gasteiger partial charge in [-0.15, -0.1) is 0 Å². The first-order valence-electron chi connectivity index (χ1n) is 12.3. The minimum Gasteiger partial charge on any atom is -0.444 e. The summed E-state index contributed by atoms with van der Waals surface area (Å²) in [6.07, 6.45) is 1.92. The SMILES string of the molecule is CC(C)(C)OC(=O)N1CCO[C@@H](C(=O)N(Cc2nn(CCCCO)c3ccc(F)cc23)C2CC2)C1. The van der Waals surface area contributed by atoms with Gasteiger partial charge in [-0.2, -0.15) is 5.10 Å². The molecular formula is C25H35FN4O5. The van der Waals surface area contributed by atoms with Gasteiger partial charge in [-0.3, -0.25) is 9.48 Å². The molecule has 1 aliphatic carbocycles. The molecule has 1 atom stereocenters. The Labute approximate surface area is 204 Å². The molecule has 2 fully saturated rings. The number of aliphatic hydroxyl groups excluding tert-OH is 1. The minimum absolute atomic E-state index is 0.0751. The van der Waals surface area contributed by atoms with Crippen molar-refractivity contribution in [2.45, 2.75) is 77.3 Å². The zero-order valence-corrected chi connectivity index (χ0v) is 20.7. The summed E-state index contributed by atoms with van der Waals surface area (Å²) < 4.78 is 27.2. The number of rotatable bonds is 8. The average Bonchev–Trinajstić information content (AvgIpc) is 3.59. The van der Waals surface area contributed by atoms with Crippen LogP contribution in [0.15, 0.2) is 18.2 Å². The number of morpholine rings is 1. The zero-order chi connectivity index (χ0) is 25.2. The number of amides is 2. The minimum atomic E-state index is -0.786. The predicted octanol–water partition coefficient (Wildman–Crippen LogP) is 3.07. The quantitative estimate of drug-likeness (QED) is 0.572. The lowest BCUT2D eigenvalue weighted by atomic mass is 10.1. The van der Waals surface area contributed by atoms with Crippen molar-refractivity contribution in [1.82, 2.24) is 19.6 Å². The lowest BCUT2D eigenvalue weighted by Gasteiger charge is -2.35. The van der Waals surface area contributed by atoms with E-state index in [1.54, 1.807) is 31.7 Å². The second-order valence-corrected chi connectivity index (χ2v) is 10.2. The summed E-state index contributed by atoms with van der Waals surface area (Å²) in [6, 6.07) is 4.64. The number of carbonyl (C=O) groups is 2. The number of ether oxygens (including phenoxy) is 2. The van der Waals surface area contributed by atoms with E-state index in [1.807, 2.05) is 4.68 Å². The van der Waals surface area contributed by atoms with E-state index in [9.17, 15) is 14.0 Å². The van der Waals surface area contributed by atoms with E-state index in [4.69, 9.17) is 19.7 Å². The fraction of sp³-hybridized carbons (Fsp3) is 0.640. The van der Waals surface area contributed by atoms with Crippen LogP contribution in [0.5, 0.6) is 0 Å². The van der Waals surface area contributed by atoms with Crippen LogP contribution in [0.4, 0.5) is 9.18 Å². The smallest absolute Gasteiger partial charge is 0.410 e. The number of hydrogen-bond acceptors (Lipinski definition) is 6. The van der Waals surface area contributed by atoms with E-state index in [1.165, 1.54) is 17.0 Å². The number of fused-ring (bicyclic) bond motifs is 1. The summed E-state index contributed by atoms with van der Waals surface area (Å²) in [5, 5.41) is 14.5. The third-order valence-corrected chi connectivity index (χ3v) is 6.15. The van der Waals surface area contributed by atoms with Crippen molar-refractivity contribution in [3.05, 3.63) is 29.7 Å². The largest absolute Gasteiger partial charge is 0.444 e. The topological polar surface area (TPSA) is 97.1 Å². The van der Waals surface area contributed by atoms with Gasteiger partial charge in [0.2, 0.25) is 0 Å². The van der Waals surface area contributed by atoms with Crippen molar-refractivity contribution in [2.24, 2.45) is 0 Å². The van der Waals surface area contributed by atoms with Gasteiger partial charge in [0, 0.05) is 31.1 Å². The van der Waals surface area contributed by atoms with Gasteiger partial charge in [0.15, 0.2) is 6.10 Å². The van der Waals surface area contributed by atoms with Crippen molar-refractivity contribution < 1.29 is 28.6 Å². The molecule has 1 saturated carbocycles. The second kappa shape index (κ2) is 10.5. The van der Waals surface area contributed by atoms with Crippen LogP contribution in [0.3, 0.4) is 0 Å². The highest BCUT2D eigenvalue weighted by atomic mass is 19.1. The Balaban J connectivity index is 1.52. The Kier molecular flexibility index (Phi) is 7.61. The van der Waals surface area contributed by atoms with E-state index in [-0.39, 0.29) is 44.1 Å². The maximum atomic E-state index is 14.1. The highest BCUT2D eigenvalue weighted by Crippen LogP contribution is 2.31. The molecule has 9 nitrogen and oxygen atoms in total. The van der Waals surface area contributed by atoms with Gasteiger partial charge in [-0.25, -0.2) is 9.18 Å². The molecule has 0 unspecified atom stereocenters. The van der Waals surface area contributed by atoms with Crippen molar-refractivity contribution in [2.75, 3.05) is 26.3 Å². The second-order valence-electron chi connectivity index (χ2n) is 10.2. The van der Waals surface area contributed by atoms with Gasteiger partial charge in [-0.1, -0.05) is 0 Å². The van der Waals surface area contributed by atoms with Gasteiger partial charge >= 0.3 is 6.09 Å². The Bertz CT molecular complexity index is 1060. The summed E-state index contributed by atoms with van der Waals surface area (Å²) in [6.45, 7) is 7.09. The van der Waals surface area contributed by atoms with Crippen LogP contribution in [-0.2, 0) is 27.4 Å². The van der Waals surface area contributed by atoms with Crippen molar-refractivity contribution >= 4 is 22.9 Å². The molecular weight excluding hydrogens is 455 g/mol. The Morgan fingerprint density at radius 3 is 2.74 bits per heavy atom. The first kappa shape index (κ1) is 25.4. The lowest BCUT2D eigenvalue weighted by Crippen LogP contribution is -2.53. The average molecular weight is 491 g/mol. The standard InChI is InChI=1S/C25H35FN4O5/c1-25(2,3)35-24(33)28-11-13-34-22(16-28)23(32)29(18-7-8-18)15-20-19-14-17(26)6-9-21(19)30(27-20)10-4-5-12-31/h6,9,14,18,22,31H,4-5,7-8,10-13,15-16H2,1-3H3/t22-/m1/s1. The van der Waals surface area contributed by atoms with E-state index in [0.29, 0.717) is 30.6 Å². The number of halogens is 1. The van der Waals surface area contributed by atoms with E-state index in [0.717, 1.165) is 24.8 Å². The molecule has 4 rings (SSSR count). The maximum Gasteiger partial charge on any atom is 0.410 e. The van der Waals surface area contributed by atoms with Gasteiger partial charge in [0.05, 0.1) is 30.9 Å². The monoisotopic (exact) mass is 490 g/mol. The molecule has 1 aromatic heterocycles. The summed E-state index contributed by atoms with van der Waals surface area (Å²) in [7, 11) is 0. The molecule has 192 valence electrons. The maximum absolute atomic E-state index is 14.1. The van der Waals surface area contributed by atoms with Gasteiger partial charge in [0.1, 0.15) is 11.4 Å². The fourth-order valence-corrected chi connectivity index (χ4v) is 4.29. The van der Waals surface area contributed by atoms with Crippen LogP contribution in [0, 0.1) is 5.82 Å². The van der Waals surface area contributed by atoms with Gasteiger partial charge in [0.25, 0.3) is 5.91 Å². The Morgan fingerprint density at radius 1 is 1.29 bits per heavy atom. The normalized spacial score (nSPS) is 18.7. The van der Waals surface area contributed by atoms with Crippen LogP contribution in [0.25, 0.3) is 10.9 Å². The molecule has 1 N–H and O–H groups in total. The molecule has 0 bridgehead atoms. The van der Waals surface area contributed by atoms with E-state index < -0.39 is 17.8 Å². The molecule has 10 heteroatoms. The van der Waals surface area contributed by atoms with Crippen LogP contribution in [0.2, 0.25) is 0 Å². The van der Waals surface area contributed by atoms with Crippen LogP contribution < -0.4 is 0 Å². The molecule has 2 aromatic rings. The van der Waals surface area contributed by atoms with Gasteiger partial charge in [-0.05, 0) is 64.7 Å². The fourth-order valence-electron chi connectivity index (χ4n) is 4.29. The molecule has 2 aliphatic rings. The van der Waals surface area contributed by atoms with Crippen molar-refractivity contribution in [1.29, 1.82) is 0 Å². The first-order chi connectivity index (χ1) is 16.7. The van der Waals surface area contributed by atoms with Crippen molar-refractivity contribution in [3.63, 3.8) is 0 Å². The number of hydrogen-bond donors (Lipinski definition) is 1.